The molecule has 94 valence electrons. The lowest BCUT2D eigenvalue weighted by Crippen LogP contribution is -2.25. The molecule has 3 rings (SSSR count). The summed E-state index contributed by atoms with van der Waals surface area (Å²) in [6.07, 6.45) is 0.689. The number of nitrogens with zero attached hydrogens (tertiary/aromatic N) is 2. The van der Waals surface area contributed by atoms with Crippen LogP contribution in [0.25, 0.3) is 0 Å². The Balaban J connectivity index is 2.10. The molecule has 1 N–H and O–H groups in total. The number of anilines is 1. The molecule has 3 nitrogen and oxygen atoms in total. The van der Waals surface area contributed by atoms with E-state index in [4.69, 9.17) is 0 Å². The highest BCUT2D eigenvalue weighted by Crippen LogP contribution is 2.31. The van der Waals surface area contributed by atoms with Crippen LogP contribution in [0.5, 0.6) is 0 Å². The molecule has 0 amide bonds. The van der Waals surface area contributed by atoms with Gasteiger partial charge in [-0.25, -0.2) is 13.5 Å². The molecule has 5 heteroatoms. The van der Waals surface area contributed by atoms with E-state index in [1.165, 1.54) is 12.1 Å². The molecule has 1 atom stereocenters. The molecule has 0 radical (unpaired) electrons. The number of halogens is 2. The fourth-order valence-electron chi connectivity index (χ4n) is 2.40. The van der Waals surface area contributed by atoms with Gasteiger partial charge in [0.25, 0.3) is 0 Å². The number of hydrogen-bond donors (Lipinski definition) is 1. The Morgan fingerprint density at radius 1 is 1.33 bits per heavy atom. The first-order chi connectivity index (χ1) is 8.65. The largest absolute Gasteiger partial charge is 0.370 e. The fraction of sp³-hybridized carbons (Fsp3) is 0.308. The van der Waals surface area contributed by atoms with Crippen molar-refractivity contribution in [2.75, 3.05) is 11.9 Å². The number of nitrogens with one attached hydrogen (secondary N) is 1. The fourth-order valence-corrected chi connectivity index (χ4v) is 2.40. The molecular weight excluding hydrogens is 236 g/mol. The normalized spacial score (nSPS) is 18.3. The zero-order valence-electron chi connectivity index (χ0n) is 9.95. The smallest absolute Gasteiger partial charge is 0.128 e. The van der Waals surface area contributed by atoms with Gasteiger partial charge in [0.15, 0.2) is 0 Å². The Hall–Kier alpha value is -1.91. The lowest BCUT2D eigenvalue weighted by molar-refractivity contribution is 0.453. The number of benzene rings is 1. The quantitative estimate of drug-likeness (QED) is 0.842. The zero-order chi connectivity index (χ0) is 12.7. The Labute approximate surface area is 103 Å². The van der Waals surface area contributed by atoms with Crippen LogP contribution >= 0.6 is 0 Å². The highest BCUT2D eigenvalue weighted by atomic mass is 19.1. The lowest BCUT2D eigenvalue weighted by atomic mass is 10.0. The van der Waals surface area contributed by atoms with Crippen LogP contribution in [-0.4, -0.2) is 16.3 Å². The summed E-state index contributed by atoms with van der Waals surface area (Å²) in [6.45, 7) is 2.61. The van der Waals surface area contributed by atoms with Crippen LogP contribution in [0.4, 0.5) is 14.6 Å². The highest BCUT2D eigenvalue weighted by Gasteiger charge is 2.25. The van der Waals surface area contributed by atoms with Gasteiger partial charge in [0.1, 0.15) is 17.5 Å². The van der Waals surface area contributed by atoms with Crippen LogP contribution in [-0.2, 0) is 0 Å². The van der Waals surface area contributed by atoms with E-state index in [9.17, 15) is 8.78 Å². The van der Waals surface area contributed by atoms with Gasteiger partial charge in [-0.05, 0) is 31.5 Å². The maximum Gasteiger partial charge on any atom is 0.128 e. The molecule has 1 aromatic carbocycles. The molecule has 1 aliphatic rings. The molecule has 1 aromatic heterocycles. The van der Waals surface area contributed by atoms with E-state index < -0.39 is 5.82 Å². The summed E-state index contributed by atoms with van der Waals surface area (Å²) in [6, 6.07) is 5.22. The Morgan fingerprint density at radius 3 is 3.00 bits per heavy atom. The van der Waals surface area contributed by atoms with Crippen molar-refractivity contribution in [3.63, 3.8) is 0 Å². The predicted octanol–water partition coefficient (Wildman–Crippen LogP) is 2.87. The molecule has 1 aliphatic heterocycles. The van der Waals surface area contributed by atoms with Crippen LogP contribution < -0.4 is 5.32 Å². The molecule has 0 fully saturated rings. The second-order valence-corrected chi connectivity index (χ2v) is 4.51. The predicted molar refractivity (Wildman–Crippen MR) is 64.6 cm³/mol. The number of rotatable bonds is 1. The molecule has 18 heavy (non-hydrogen) atoms. The third-order valence-electron chi connectivity index (χ3n) is 3.19. The second-order valence-electron chi connectivity index (χ2n) is 4.51. The maximum absolute atomic E-state index is 13.8. The van der Waals surface area contributed by atoms with Gasteiger partial charge in [0, 0.05) is 18.2 Å². The van der Waals surface area contributed by atoms with Gasteiger partial charge in [-0.15, -0.1) is 0 Å². The number of aromatic nitrogens is 2. The van der Waals surface area contributed by atoms with Gasteiger partial charge >= 0.3 is 0 Å². The Morgan fingerprint density at radius 2 is 2.17 bits per heavy atom. The van der Waals surface area contributed by atoms with E-state index in [1.807, 2.05) is 13.0 Å². The van der Waals surface area contributed by atoms with E-state index >= 15 is 0 Å². The lowest BCUT2D eigenvalue weighted by Gasteiger charge is -2.26. The second kappa shape index (κ2) is 4.08. The number of hydrogen-bond acceptors (Lipinski definition) is 2. The van der Waals surface area contributed by atoms with Crippen molar-refractivity contribution in [3.8, 4) is 0 Å². The zero-order valence-corrected chi connectivity index (χ0v) is 9.95. The van der Waals surface area contributed by atoms with Crippen molar-refractivity contribution in [1.82, 2.24) is 9.78 Å². The van der Waals surface area contributed by atoms with Crippen molar-refractivity contribution in [1.29, 1.82) is 0 Å². The topological polar surface area (TPSA) is 29.9 Å². The van der Waals surface area contributed by atoms with Crippen molar-refractivity contribution >= 4 is 5.82 Å². The molecule has 0 spiro atoms. The molecule has 0 bridgehead atoms. The number of aryl methyl sites for hydroxylation is 1. The average Bonchev–Trinajstić information content (AvgIpc) is 2.72. The SMILES string of the molecule is Cc1cc2n(n1)C(c1cc(F)ccc1F)CCN2. The Bertz CT molecular complexity index is 592. The first-order valence-corrected chi connectivity index (χ1v) is 5.90. The van der Waals surface area contributed by atoms with Crippen molar-refractivity contribution < 1.29 is 8.78 Å². The van der Waals surface area contributed by atoms with E-state index in [0.29, 0.717) is 12.0 Å². The summed E-state index contributed by atoms with van der Waals surface area (Å²) in [5, 5.41) is 7.55. The van der Waals surface area contributed by atoms with Crippen LogP contribution in [0.15, 0.2) is 24.3 Å². The average molecular weight is 249 g/mol. The first-order valence-electron chi connectivity index (χ1n) is 5.90. The van der Waals surface area contributed by atoms with Crippen molar-refractivity contribution in [2.45, 2.75) is 19.4 Å². The summed E-state index contributed by atoms with van der Waals surface area (Å²) in [7, 11) is 0. The van der Waals surface area contributed by atoms with E-state index in [-0.39, 0.29) is 11.9 Å². The van der Waals surface area contributed by atoms with Crippen molar-refractivity contribution in [3.05, 3.63) is 47.2 Å². The molecular formula is C13H13F2N3. The van der Waals surface area contributed by atoms with Gasteiger partial charge in [0.2, 0.25) is 0 Å². The molecule has 2 aromatic rings. The minimum atomic E-state index is -0.421. The minimum absolute atomic E-state index is 0.245. The van der Waals surface area contributed by atoms with Gasteiger partial charge in [0.05, 0.1) is 11.7 Å². The molecule has 0 saturated heterocycles. The molecule has 2 heterocycles. The van der Waals surface area contributed by atoms with Gasteiger partial charge in [-0.3, -0.25) is 0 Å². The third kappa shape index (κ3) is 1.75. The summed E-state index contributed by atoms with van der Waals surface area (Å²) in [5.41, 5.74) is 1.22. The van der Waals surface area contributed by atoms with Gasteiger partial charge in [-0.1, -0.05) is 0 Å². The minimum Gasteiger partial charge on any atom is -0.370 e. The van der Waals surface area contributed by atoms with Gasteiger partial charge < -0.3 is 5.32 Å². The van der Waals surface area contributed by atoms with E-state index in [0.717, 1.165) is 24.1 Å². The first kappa shape index (κ1) is 11.2. The summed E-state index contributed by atoms with van der Waals surface area (Å²) in [5.74, 6) is 0.0465. The summed E-state index contributed by atoms with van der Waals surface area (Å²) in [4.78, 5) is 0. The standard InChI is InChI=1S/C13H13F2N3/c1-8-6-13-16-5-4-12(18(13)17-8)10-7-9(14)2-3-11(10)15/h2-3,6-7,12,16H,4-5H2,1H3. The summed E-state index contributed by atoms with van der Waals surface area (Å²) < 4.78 is 28.8. The van der Waals surface area contributed by atoms with Crippen molar-refractivity contribution in [2.24, 2.45) is 0 Å². The van der Waals surface area contributed by atoms with Crippen LogP contribution in [0.3, 0.4) is 0 Å². The van der Waals surface area contributed by atoms with E-state index in [1.54, 1.807) is 4.68 Å². The monoisotopic (exact) mass is 249 g/mol. The highest BCUT2D eigenvalue weighted by molar-refractivity contribution is 5.41. The van der Waals surface area contributed by atoms with Crippen LogP contribution in [0, 0.1) is 18.6 Å². The molecule has 1 unspecified atom stereocenters. The van der Waals surface area contributed by atoms with E-state index in [2.05, 4.69) is 10.4 Å². The maximum atomic E-state index is 13.8. The van der Waals surface area contributed by atoms with Gasteiger partial charge in [-0.2, -0.15) is 5.10 Å². The Kier molecular flexibility index (Phi) is 2.54. The molecule has 0 saturated carbocycles. The number of fused-ring (bicyclic) bond motifs is 1. The van der Waals surface area contributed by atoms with Crippen LogP contribution in [0.2, 0.25) is 0 Å². The summed E-state index contributed by atoms with van der Waals surface area (Å²) >= 11 is 0. The third-order valence-corrected chi connectivity index (χ3v) is 3.19. The van der Waals surface area contributed by atoms with Crippen LogP contribution in [0.1, 0.15) is 23.7 Å². The molecule has 0 aliphatic carbocycles.